The maximum Gasteiger partial charge on any atom is 0.323 e. The Hall–Kier alpha value is -1.12. The highest BCUT2D eigenvalue weighted by atomic mass is 31.2. The van der Waals surface area contributed by atoms with Crippen LogP contribution in [-0.2, 0) is 14.1 Å². The van der Waals surface area contributed by atoms with Crippen molar-refractivity contribution in [1.29, 1.82) is 0 Å². The monoisotopic (exact) mass is 283 g/mol. The second-order valence-electron chi connectivity index (χ2n) is 4.69. The van der Waals surface area contributed by atoms with Crippen LogP contribution in [0.25, 0.3) is 0 Å². The van der Waals surface area contributed by atoms with E-state index < -0.39 is 13.3 Å². The fraction of sp³-hybridized carbons (Fsp3) is 0.500. The molecule has 0 saturated heterocycles. The van der Waals surface area contributed by atoms with Crippen LogP contribution in [0.3, 0.4) is 0 Å². The summed E-state index contributed by atoms with van der Waals surface area (Å²) < 4.78 is 18.1. The van der Waals surface area contributed by atoms with Crippen LogP contribution < -0.4 is 10.4 Å². The van der Waals surface area contributed by atoms with E-state index in [1.807, 2.05) is 44.2 Å². The van der Waals surface area contributed by atoms with E-state index in [9.17, 15) is 9.36 Å². The Kier molecular flexibility index (Phi) is 5.77. The second kappa shape index (κ2) is 6.88. The zero-order chi connectivity index (χ0) is 14.5. The average Bonchev–Trinajstić information content (AvgIpc) is 2.39. The number of rotatable bonds is 6. The Morgan fingerprint density at radius 1 is 1.26 bits per heavy atom. The van der Waals surface area contributed by atoms with Gasteiger partial charge >= 0.3 is 5.97 Å². The third-order valence-electron chi connectivity index (χ3n) is 2.89. The number of carbonyl (C=O) groups is 1. The SMILES string of the molecule is CCOC(=O)[C@@H](C)NP(=O)(c1ccccc1)C(C)C. The molecular formula is C14H22NO3P. The number of ether oxygens (including phenoxy) is 1. The van der Waals surface area contributed by atoms with Gasteiger partial charge in [-0.1, -0.05) is 44.2 Å². The molecule has 0 radical (unpaired) electrons. The summed E-state index contributed by atoms with van der Waals surface area (Å²) in [5, 5.41) is 3.71. The molecule has 0 spiro atoms. The van der Waals surface area contributed by atoms with Crippen molar-refractivity contribution in [1.82, 2.24) is 5.09 Å². The molecule has 0 bridgehead atoms. The summed E-state index contributed by atoms with van der Waals surface area (Å²) in [5.74, 6) is -0.376. The predicted octanol–water partition coefficient (Wildman–Crippen LogP) is 2.54. The third-order valence-corrected chi connectivity index (χ3v) is 6.18. The van der Waals surface area contributed by atoms with Gasteiger partial charge in [0.05, 0.1) is 6.61 Å². The van der Waals surface area contributed by atoms with E-state index in [1.54, 1.807) is 13.8 Å². The summed E-state index contributed by atoms with van der Waals surface area (Å²) in [6.45, 7) is 7.53. The minimum Gasteiger partial charge on any atom is -0.465 e. The molecule has 0 aliphatic rings. The third kappa shape index (κ3) is 3.92. The molecule has 0 aliphatic heterocycles. The number of esters is 1. The Labute approximate surface area is 115 Å². The fourth-order valence-electron chi connectivity index (χ4n) is 1.78. The van der Waals surface area contributed by atoms with Gasteiger partial charge in [0.2, 0.25) is 0 Å². The summed E-state index contributed by atoms with van der Waals surface area (Å²) in [5.41, 5.74) is -0.0909. The van der Waals surface area contributed by atoms with Crippen molar-refractivity contribution in [2.24, 2.45) is 0 Å². The first-order chi connectivity index (χ1) is 8.91. The van der Waals surface area contributed by atoms with Crippen molar-refractivity contribution in [2.45, 2.75) is 39.4 Å². The van der Waals surface area contributed by atoms with Gasteiger partial charge in [0.15, 0.2) is 7.29 Å². The summed E-state index contributed by atoms with van der Waals surface area (Å²) >= 11 is 0. The minimum atomic E-state index is -2.83. The van der Waals surface area contributed by atoms with Gasteiger partial charge in [-0.2, -0.15) is 0 Å². The lowest BCUT2D eigenvalue weighted by atomic mass is 10.4. The molecule has 1 N–H and O–H groups in total. The Morgan fingerprint density at radius 3 is 2.32 bits per heavy atom. The highest BCUT2D eigenvalue weighted by molar-refractivity contribution is 7.70. The Bertz CT molecular complexity index is 459. The molecule has 0 heterocycles. The zero-order valence-electron chi connectivity index (χ0n) is 11.9. The van der Waals surface area contributed by atoms with Crippen LogP contribution in [0.4, 0.5) is 0 Å². The summed E-state index contributed by atoms with van der Waals surface area (Å²) in [6, 6.07) is 8.64. The maximum absolute atomic E-state index is 13.1. The van der Waals surface area contributed by atoms with Gasteiger partial charge < -0.3 is 9.30 Å². The van der Waals surface area contributed by atoms with E-state index >= 15 is 0 Å². The van der Waals surface area contributed by atoms with Crippen LogP contribution in [0.2, 0.25) is 0 Å². The largest absolute Gasteiger partial charge is 0.465 e. The van der Waals surface area contributed by atoms with Crippen LogP contribution in [0.5, 0.6) is 0 Å². The lowest BCUT2D eigenvalue weighted by Crippen LogP contribution is -2.38. The first kappa shape index (κ1) is 15.9. The number of hydrogen-bond donors (Lipinski definition) is 1. The lowest BCUT2D eigenvalue weighted by Gasteiger charge is -2.26. The summed E-state index contributed by atoms with van der Waals surface area (Å²) in [4.78, 5) is 11.7. The van der Waals surface area contributed by atoms with Crippen LogP contribution in [0.15, 0.2) is 30.3 Å². The molecule has 1 aromatic rings. The number of benzene rings is 1. The van der Waals surface area contributed by atoms with E-state index in [0.29, 0.717) is 6.61 Å². The molecule has 1 unspecified atom stereocenters. The molecule has 0 aromatic heterocycles. The van der Waals surface area contributed by atoms with Gasteiger partial charge in [-0.25, -0.2) is 5.09 Å². The van der Waals surface area contributed by atoms with Crippen molar-refractivity contribution in [3.05, 3.63) is 30.3 Å². The first-order valence-corrected chi connectivity index (χ1v) is 8.29. The highest BCUT2D eigenvalue weighted by Gasteiger charge is 2.32. The number of carbonyl (C=O) groups excluding carboxylic acids is 1. The van der Waals surface area contributed by atoms with Crippen molar-refractivity contribution in [3.63, 3.8) is 0 Å². The average molecular weight is 283 g/mol. The van der Waals surface area contributed by atoms with Crippen molar-refractivity contribution in [3.8, 4) is 0 Å². The molecular weight excluding hydrogens is 261 g/mol. The van der Waals surface area contributed by atoms with E-state index in [-0.39, 0.29) is 11.6 Å². The molecule has 0 saturated carbocycles. The molecule has 1 rings (SSSR count). The molecule has 5 heteroatoms. The van der Waals surface area contributed by atoms with Crippen molar-refractivity contribution < 1.29 is 14.1 Å². The molecule has 2 atom stereocenters. The number of hydrogen-bond acceptors (Lipinski definition) is 3. The van der Waals surface area contributed by atoms with Gasteiger partial charge in [-0.05, 0) is 13.8 Å². The zero-order valence-corrected chi connectivity index (χ0v) is 12.8. The van der Waals surface area contributed by atoms with E-state index in [2.05, 4.69) is 5.09 Å². The quantitative estimate of drug-likeness (QED) is 0.644. The Balaban J connectivity index is 2.96. The van der Waals surface area contributed by atoms with Crippen LogP contribution >= 0.6 is 7.29 Å². The maximum atomic E-state index is 13.1. The Morgan fingerprint density at radius 2 is 1.84 bits per heavy atom. The van der Waals surface area contributed by atoms with Crippen molar-refractivity contribution >= 4 is 18.6 Å². The highest BCUT2D eigenvalue weighted by Crippen LogP contribution is 2.45. The first-order valence-electron chi connectivity index (χ1n) is 6.51. The predicted molar refractivity (Wildman–Crippen MR) is 78.0 cm³/mol. The standard InChI is InChI=1S/C14H22NO3P/c1-5-18-14(16)12(4)15-19(17,11(2)3)13-9-7-6-8-10-13/h6-12H,5H2,1-4H3,(H,15,17)/t12-,19?/m1/s1. The molecule has 19 heavy (non-hydrogen) atoms. The fourth-order valence-corrected chi connectivity index (χ4v) is 4.12. The van der Waals surface area contributed by atoms with E-state index in [0.717, 1.165) is 5.30 Å². The molecule has 0 amide bonds. The minimum absolute atomic E-state index is 0.0909. The molecule has 0 fully saturated rings. The van der Waals surface area contributed by atoms with Gasteiger partial charge in [-0.3, -0.25) is 4.79 Å². The molecule has 106 valence electrons. The number of nitrogens with one attached hydrogen (secondary N) is 1. The van der Waals surface area contributed by atoms with Gasteiger partial charge in [0, 0.05) is 11.0 Å². The van der Waals surface area contributed by atoms with Crippen molar-refractivity contribution in [2.75, 3.05) is 6.61 Å². The lowest BCUT2D eigenvalue weighted by molar-refractivity contribution is -0.144. The van der Waals surface area contributed by atoms with E-state index in [4.69, 9.17) is 4.74 Å². The van der Waals surface area contributed by atoms with Gasteiger partial charge in [-0.15, -0.1) is 0 Å². The second-order valence-corrected chi connectivity index (χ2v) is 7.81. The molecule has 4 nitrogen and oxygen atoms in total. The summed E-state index contributed by atoms with van der Waals surface area (Å²) in [7, 11) is -2.83. The van der Waals surface area contributed by atoms with Gasteiger partial charge in [0.1, 0.15) is 6.04 Å². The van der Waals surface area contributed by atoms with E-state index in [1.165, 1.54) is 0 Å². The van der Waals surface area contributed by atoms with Gasteiger partial charge in [0.25, 0.3) is 0 Å². The smallest absolute Gasteiger partial charge is 0.323 e. The van der Waals surface area contributed by atoms with Crippen LogP contribution in [-0.4, -0.2) is 24.3 Å². The molecule has 1 aromatic carbocycles. The van der Waals surface area contributed by atoms with Crippen LogP contribution in [0.1, 0.15) is 27.7 Å². The topological polar surface area (TPSA) is 55.4 Å². The van der Waals surface area contributed by atoms with Crippen LogP contribution in [0, 0.1) is 0 Å². The normalized spacial score (nSPS) is 15.8. The molecule has 0 aliphatic carbocycles. The summed E-state index contributed by atoms with van der Waals surface area (Å²) in [6.07, 6.45) is 0.